The molecule has 21 heavy (non-hydrogen) atoms. The van der Waals surface area contributed by atoms with Crippen molar-refractivity contribution in [2.24, 2.45) is 0 Å². The molecule has 114 valence electrons. The molecule has 1 unspecified atom stereocenters. The van der Waals surface area contributed by atoms with Crippen LogP contribution in [0.4, 0.5) is 0 Å². The molecule has 0 aliphatic carbocycles. The zero-order valence-electron chi connectivity index (χ0n) is 12.7. The highest BCUT2D eigenvalue weighted by atomic mass is 16.5. The van der Waals surface area contributed by atoms with Crippen LogP contribution >= 0.6 is 0 Å². The summed E-state index contributed by atoms with van der Waals surface area (Å²) >= 11 is 0. The Kier molecular flexibility index (Phi) is 6.22. The quantitative estimate of drug-likeness (QED) is 0.769. The van der Waals surface area contributed by atoms with Crippen molar-refractivity contribution in [2.75, 3.05) is 6.54 Å². The summed E-state index contributed by atoms with van der Waals surface area (Å²) in [5.41, 5.74) is 0. The summed E-state index contributed by atoms with van der Waals surface area (Å²) in [6.07, 6.45) is 3.00. The highest BCUT2D eigenvalue weighted by Gasteiger charge is 2.13. The lowest BCUT2D eigenvalue weighted by molar-refractivity contribution is 0.284. The molecular formula is C16H23N3O2. The van der Waals surface area contributed by atoms with Crippen LogP contribution in [-0.4, -0.2) is 22.7 Å². The van der Waals surface area contributed by atoms with E-state index >= 15 is 0 Å². The van der Waals surface area contributed by atoms with Crippen LogP contribution in [0.3, 0.4) is 0 Å². The Morgan fingerprint density at radius 3 is 2.76 bits per heavy atom. The van der Waals surface area contributed by atoms with Crippen molar-refractivity contribution in [3.8, 4) is 5.75 Å². The molecule has 0 saturated heterocycles. The first kappa shape index (κ1) is 15.5. The van der Waals surface area contributed by atoms with Gasteiger partial charge in [0.15, 0.2) is 6.61 Å². The van der Waals surface area contributed by atoms with Gasteiger partial charge in [0.05, 0.1) is 0 Å². The average molecular weight is 289 g/mol. The third-order valence-corrected chi connectivity index (χ3v) is 3.17. The van der Waals surface area contributed by atoms with Crippen LogP contribution in [0.15, 0.2) is 34.9 Å². The van der Waals surface area contributed by atoms with Crippen LogP contribution in [-0.2, 0) is 13.0 Å². The van der Waals surface area contributed by atoms with Gasteiger partial charge in [-0.25, -0.2) is 0 Å². The monoisotopic (exact) mass is 289 g/mol. The SMILES string of the molecule is CCCC(Cc1nc(COc2ccccc2)no1)NCC. The summed E-state index contributed by atoms with van der Waals surface area (Å²) in [5.74, 6) is 2.06. The van der Waals surface area contributed by atoms with Gasteiger partial charge >= 0.3 is 0 Å². The van der Waals surface area contributed by atoms with Gasteiger partial charge in [0, 0.05) is 12.5 Å². The molecule has 0 radical (unpaired) electrons. The maximum Gasteiger partial charge on any atom is 0.228 e. The van der Waals surface area contributed by atoms with Crippen LogP contribution in [0.5, 0.6) is 5.75 Å². The van der Waals surface area contributed by atoms with E-state index in [9.17, 15) is 0 Å². The predicted octanol–water partition coefficient (Wildman–Crippen LogP) is 2.97. The predicted molar refractivity (Wildman–Crippen MR) is 81.1 cm³/mol. The number of likely N-dealkylation sites (N-methyl/N-ethyl adjacent to an activating group) is 1. The molecule has 0 spiro atoms. The Morgan fingerprint density at radius 1 is 1.24 bits per heavy atom. The molecule has 5 heteroatoms. The molecule has 5 nitrogen and oxygen atoms in total. The molecule has 1 N–H and O–H groups in total. The summed E-state index contributed by atoms with van der Waals surface area (Å²) in [7, 11) is 0. The maximum atomic E-state index is 5.60. The first-order chi connectivity index (χ1) is 10.3. The van der Waals surface area contributed by atoms with Crippen molar-refractivity contribution in [3.63, 3.8) is 0 Å². The van der Waals surface area contributed by atoms with Gasteiger partial charge in [-0.3, -0.25) is 0 Å². The zero-order valence-corrected chi connectivity index (χ0v) is 12.7. The first-order valence-electron chi connectivity index (χ1n) is 7.54. The van der Waals surface area contributed by atoms with E-state index in [4.69, 9.17) is 9.26 Å². The molecule has 1 aromatic carbocycles. The number of nitrogens with one attached hydrogen (secondary N) is 1. The van der Waals surface area contributed by atoms with Crippen LogP contribution in [0.2, 0.25) is 0 Å². The van der Waals surface area contributed by atoms with Gasteiger partial charge in [-0.15, -0.1) is 0 Å². The summed E-state index contributed by atoms with van der Waals surface area (Å²) in [5, 5.41) is 7.41. The standard InChI is InChI=1S/C16H23N3O2/c1-3-8-13(17-4-2)11-16-18-15(19-21-16)12-20-14-9-6-5-7-10-14/h5-7,9-10,13,17H,3-4,8,11-12H2,1-2H3. The van der Waals surface area contributed by atoms with E-state index in [1.54, 1.807) is 0 Å². The number of hydrogen-bond acceptors (Lipinski definition) is 5. The molecule has 0 fully saturated rings. The van der Waals surface area contributed by atoms with E-state index in [1.807, 2.05) is 30.3 Å². The van der Waals surface area contributed by atoms with Crippen molar-refractivity contribution in [1.82, 2.24) is 15.5 Å². The minimum atomic E-state index is 0.327. The minimum Gasteiger partial charge on any atom is -0.485 e. The average Bonchev–Trinajstić information content (AvgIpc) is 2.94. The second-order valence-corrected chi connectivity index (χ2v) is 4.95. The van der Waals surface area contributed by atoms with E-state index in [0.29, 0.717) is 24.4 Å². The van der Waals surface area contributed by atoms with Gasteiger partial charge in [0.2, 0.25) is 11.7 Å². The maximum absolute atomic E-state index is 5.60. The lowest BCUT2D eigenvalue weighted by Gasteiger charge is -2.14. The van der Waals surface area contributed by atoms with Gasteiger partial charge < -0.3 is 14.6 Å². The van der Waals surface area contributed by atoms with Gasteiger partial charge in [-0.2, -0.15) is 4.98 Å². The molecule has 1 atom stereocenters. The summed E-state index contributed by atoms with van der Waals surface area (Å²) in [6.45, 7) is 5.56. The molecule has 0 saturated carbocycles. The fraction of sp³-hybridized carbons (Fsp3) is 0.500. The van der Waals surface area contributed by atoms with Crippen molar-refractivity contribution in [2.45, 2.75) is 45.8 Å². The largest absolute Gasteiger partial charge is 0.485 e. The summed E-state index contributed by atoms with van der Waals surface area (Å²) in [6, 6.07) is 10.0. The normalized spacial score (nSPS) is 12.3. The molecular weight excluding hydrogens is 266 g/mol. The number of hydrogen-bond donors (Lipinski definition) is 1. The molecule has 1 heterocycles. The molecule has 1 aromatic heterocycles. The fourth-order valence-corrected chi connectivity index (χ4v) is 2.22. The number of para-hydroxylation sites is 1. The number of nitrogens with zero attached hydrogens (tertiary/aromatic N) is 2. The third-order valence-electron chi connectivity index (χ3n) is 3.17. The van der Waals surface area contributed by atoms with E-state index in [-0.39, 0.29) is 0 Å². The summed E-state index contributed by atoms with van der Waals surface area (Å²) < 4.78 is 10.9. The molecule has 0 aliphatic heterocycles. The lowest BCUT2D eigenvalue weighted by atomic mass is 10.1. The Balaban J connectivity index is 1.85. The van der Waals surface area contributed by atoms with Crippen molar-refractivity contribution < 1.29 is 9.26 Å². The number of rotatable bonds is 9. The zero-order chi connectivity index (χ0) is 14.9. The number of aromatic nitrogens is 2. The number of benzene rings is 1. The van der Waals surface area contributed by atoms with Crippen LogP contribution in [0.25, 0.3) is 0 Å². The lowest BCUT2D eigenvalue weighted by Crippen LogP contribution is -2.30. The van der Waals surface area contributed by atoms with E-state index in [0.717, 1.165) is 31.6 Å². The van der Waals surface area contributed by atoms with Gasteiger partial charge in [-0.05, 0) is 25.1 Å². The van der Waals surface area contributed by atoms with E-state index in [2.05, 4.69) is 29.3 Å². The van der Waals surface area contributed by atoms with Crippen LogP contribution in [0, 0.1) is 0 Å². The van der Waals surface area contributed by atoms with Gasteiger partial charge in [0.1, 0.15) is 5.75 Å². The van der Waals surface area contributed by atoms with Crippen molar-refractivity contribution >= 4 is 0 Å². The Labute approximate surface area is 125 Å². The molecule has 2 rings (SSSR count). The second kappa shape index (κ2) is 8.42. The van der Waals surface area contributed by atoms with Crippen molar-refractivity contribution in [1.29, 1.82) is 0 Å². The Hall–Kier alpha value is -1.88. The topological polar surface area (TPSA) is 60.2 Å². The Morgan fingerprint density at radius 2 is 2.05 bits per heavy atom. The second-order valence-electron chi connectivity index (χ2n) is 4.95. The van der Waals surface area contributed by atoms with E-state index < -0.39 is 0 Å². The Bertz CT molecular complexity index is 507. The van der Waals surface area contributed by atoms with Crippen molar-refractivity contribution in [3.05, 3.63) is 42.0 Å². The van der Waals surface area contributed by atoms with Crippen LogP contribution in [0.1, 0.15) is 38.4 Å². The first-order valence-corrected chi connectivity index (χ1v) is 7.54. The highest BCUT2D eigenvalue weighted by Crippen LogP contribution is 2.11. The summed E-state index contributed by atoms with van der Waals surface area (Å²) in [4.78, 5) is 4.39. The minimum absolute atomic E-state index is 0.327. The highest BCUT2D eigenvalue weighted by molar-refractivity contribution is 5.20. The third kappa shape index (κ3) is 5.19. The van der Waals surface area contributed by atoms with Gasteiger partial charge in [0.25, 0.3) is 0 Å². The van der Waals surface area contributed by atoms with Crippen LogP contribution < -0.4 is 10.1 Å². The molecule has 0 aliphatic rings. The molecule has 0 amide bonds. The van der Waals surface area contributed by atoms with Gasteiger partial charge in [-0.1, -0.05) is 43.6 Å². The molecule has 0 bridgehead atoms. The fourth-order valence-electron chi connectivity index (χ4n) is 2.22. The van der Waals surface area contributed by atoms with E-state index in [1.165, 1.54) is 0 Å². The number of ether oxygens (including phenoxy) is 1. The smallest absolute Gasteiger partial charge is 0.228 e. The molecule has 2 aromatic rings.